The first-order valence-electron chi connectivity index (χ1n) is 9.59. The summed E-state index contributed by atoms with van der Waals surface area (Å²) >= 11 is 0. The lowest BCUT2D eigenvalue weighted by atomic mass is 10.2. The summed E-state index contributed by atoms with van der Waals surface area (Å²) < 4.78 is 36.7. The molecule has 0 aliphatic rings. The van der Waals surface area contributed by atoms with Crippen LogP contribution in [0.1, 0.15) is 5.56 Å². The summed E-state index contributed by atoms with van der Waals surface area (Å²) in [5.74, 6) is 0. The first-order valence-corrected chi connectivity index (χ1v) is 12.9. The molecule has 0 amide bonds. The quantitative estimate of drug-likeness (QED) is 0.290. The van der Waals surface area contributed by atoms with Gasteiger partial charge in [-0.1, -0.05) is 66.7 Å². The Hall–Kier alpha value is -2.33. The monoisotopic (exact) mass is 514 g/mol. The topological polar surface area (TPSA) is 34.1 Å². The normalized spacial score (nSPS) is 11.5. The zero-order valence-corrected chi connectivity index (χ0v) is 19.9. The molecule has 0 atom stereocenters. The molecule has 4 aromatic carbocycles. The van der Waals surface area contributed by atoms with E-state index in [2.05, 4.69) is 36.4 Å². The molecule has 0 unspecified atom stereocenters. The molecule has 0 aliphatic heterocycles. The third kappa shape index (κ3) is 4.95. The molecule has 0 fully saturated rings. The van der Waals surface area contributed by atoms with Crippen LogP contribution in [0.3, 0.4) is 0 Å². The Labute approximate surface area is 194 Å². The van der Waals surface area contributed by atoms with E-state index in [0.717, 1.165) is 5.56 Å². The number of rotatable bonds is 6. The molecule has 0 aliphatic carbocycles. The van der Waals surface area contributed by atoms with Gasteiger partial charge in [0.2, 0.25) is 0 Å². The van der Waals surface area contributed by atoms with E-state index in [1.807, 2.05) is 60.7 Å². The van der Waals surface area contributed by atoms with Gasteiger partial charge in [-0.3, -0.25) is 0 Å². The van der Waals surface area contributed by atoms with E-state index >= 15 is 0 Å². The third-order valence-electron chi connectivity index (χ3n) is 5.19. The second-order valence-corrected chi connectivity index (χ2v) is 11.9. The number of hydrogen-bond acceptors (Lipinski definition) is 2. The maximum Gasteiger partial charge on any atom is 0.332 e. The molecular weight excluding hydrogens is 494 g/mol. The smallest absolute Gasteiger partial charge is 0.332 e. The second kappa shape index (κ2) is 9.86. The molecule has 0 spiro atoms. The molecule has 0 aromatic heterocycles. The zero-order valence-electron chi connectivity index (χ0n) is 16.6. The van der Waals surface area contributed by atoms with Gasteiger partial charge in [0, 0.05) is 0 Å². The Kier molecular flexibility index (Phi) is 7.42. The van der Waals surface area contributed by atoms with Crippen molar-refractivity contribution in [3.8, 4) is 0 Å². The van der Waals surface area contributed by atoms with Crippen molar-refractivity contribution in [3.05, 3.63) is 121 Å². The molecule has 0 N–H and O–H groups in total. The van der Waals surface area contributed by atoms with Crippen LogP contribution >= 0.6 is 7.26 Å². The highest BCUT2D eigenvalue weighted by molar-refractivity contribution is 7.95. The molecule has 2 nitrogen and oxygen atoms in total. The van der Waals surface area contributed by atoms with Crippen LogP contribution in [-0.4, -0.2) is 8.42 Å². The minimum Gasteiger partial charge on any atom is -1.00 e. The van der Waals surface area contributed by atoms with Gasteiger partial charge in [0.15, 0.2) is 0 Å². The van der Waals surface area contributed by atoms with Crippen molar-refractivity contribution < 1.29 is 29.3 Å². The van der Waals surface area contributed by atoms with E-state index in [9.17, 15) is 12.3 Å². The summed E-state index contributed by atoms with van der Waals surface area (Å²) in [7, 11) is -6.93. The largest absolute Gasteiger partial charge is 1.00 e. The van der Waals surface area contributed by atoms with Crippen molar-refractivity contribution in [2.75, 3.05) is 0 Å². The summed E-state index contributed by atoms with van der Waals surface area (Å²) in [5.41, 5.74) is 0.790. The van der Waals surface area contributed by atoms with Gasteiger partial charge in [0.1, 0.15) is 23.2 Å². The lowest BCUT2D eigenvalue weighted by molar-refractivity contribution is -0.00000930. The van der Waals surface area contributed by atoms with Gasteiger partial charge in [0.05, 0.1) is 11.1 Å². The molecule has 0 bridgehead atoms. The Morgan fingerprint density at radius 3 is 1.42 bits per heavy atom. The minimum atomic E-state index is -4.76. The van der Waals surface area contributed by atoms with E-state index < -0.39 is 17.5 Å². The lowest BCUT2D eigenvalue weighted by Gasteiger charge is -2.28. The maximum absolute atomic E-state index is 13.7. The molecule has 31 heavy (non-hydrogen) atoms. The molecule has 0 saturated carbocycles. The van der Waals surface area contributed by atoms with Crippen LogP contribution in [0.4, 0.5) is 3.89 Å². The third-order valence-corrected chi connectivity index (χ3v) is 10.4. The Bertz CT molecular complexity index is 1140. The van der Waals surface area contributed by atoms with E-state index in [0.29, 0.717) is 6.16 Å². The predicted molar refractivity (Wildman–Crippen MR) is 124 cm³/mol. The van der Waals surface area contributed by atoms with E-state index in [4.69, 9.17) is 0 Å². The fraction of sp³-hybridized carbons (Fsp3) is 0.0400. The fourth-order valence-corrected chi connectivity index (χ4v) is 8.60. The van der Waals surface area contributed by atoms with Gasteiger partial charge >= 0.3 is 10.2 Å². The van der Waals surface area contributed by atoms with Crippen LogP contribution in [0.5, 0.6) is 0 Å². The van der Waals surface area contributed by atoms with Crippen molar-refractivity contribution in [1.82, 2.24) is 0 Å². The second-order valence-electron chi connectivity index (χ2n) is 7.06. The number of hydrogen-bond donors (Lipinski definition) is 0. The standard InChI is InChI=1S/C25H21FO2PS.BrH/c26-30(27,28)25-18-10-11-21(19-25)20-29(22-12-4-1-5-13-22,23-14-6-2-7-15-23)24-16-8-3-9-17-24;/h1-19H,20H2;1H/q+1;/p-1. The summed E-state index contributed by atoms with van der Waals surface area (Å²) in [6, 6.07) is 37.1. The van der Waals surface area contributed by atoms with Crippen molar-refractivity contribution in [3.63, 3.8) is 0 Å². The van der Waals surface area contributed by atoms with Gasteiger partial charge in [0.25, 0.3) is 0 Å². The average Bonchev–Trinajstić information content (AvgIpc) is 2.79. The van der Waals surface area contributed by atoms with Gasteiger partial charge in [-0.2, -0.15) is 8.42 Å². The van der Waals surface area contributed by atoms with Gasteiger partial charge < -0.3 is 17.0 Å². The molecule has 4 aromatic rings. The maximum atomic E-state index is 13.7. The van der Waals surface area contributed by atoms with Crippen LogP contribution in [0.25, 0.3) is 0 Å². The van der Waals surface area contributed by atoms with Gasteiger partial charge in [-0.05, 0) is 54.1 Å². The highest BCUT2D eigenvalue weighted by atomic mass is 79.9. The van der Waals surface area contributed by atoms with Crippen molar-refractivity contribution in [1.29, 1.82) is 0 Å². The summed E-state index contributed by atoms with van der Waals surface area (Å²) in [5, 5.41) is 3.57. The first-order chi connectivity index (χ1) is 14.5. The lowest BCUT2D eigenvalue weighted by Crippen LogP contribution is -3.00. The Balaban J connectivity index is 0.00000272. The molecule has 0 heterocycles. The van der Waals surface area contributed by atoms with E-state index in [-0.39, 0.29) is 21.9 Å². The first kappa shape index (κ1) is 23.3. The Morgan fingerprint density at radius 1 is 0.613 bits per heavy atom. The van der Waals surface area contributed by atoms with Crippen LogP contribution < -0.4 is 32.9 Å². The van der Waals surface area contributed by atoms with Gasteiger partial charge in [-0.25, -0.2) is 0 Å². The van der Waals surface area contributed by atoms with Crippen molar-refractivity contribution in [2.45, 2.75) is 11.1 Å². The SMILES string of the molecule is O=S(=O)(F)c1cccc(C[P+](c2ccccc2)(c2ccccc2)c2ccccc2)c1.[Br-]. The van der Waals surface area contributed by atoms with E-state index in [1.165, 1.54) is 28.0 Å². The van der Waals surface area contributed by atoms with E-state index in [1.54, 1.807) is 6.07 Å². The minimum absolute atomic E-state index is 0. The van der Waals surface area contributed by atoms with Crippen LogP contribution in [0, 0.1) is 0 Å². The molecule has 4 rings (SSSR count). The zero-order chi connectivity index (χ0) is 21.0. The molecule has 0 saturated heterocycles. The fourth-order valence-electron chi connectivity index (χ4n) is 3.84. The van der Waals surface area contributed by atoms with Crippen molar-refractivity contribution >= 4 is 33.4 Å². The number of halogens is 2. The van der Waals surface area contributed by atoms with Crippen molar-refractivity contribution in [2.24, 2.45) is 0 Å². The average molecular weight is 515 g/mol. The molecule has 0 radical (unpaired) electrons. The summed E-state index contributed by atoms with van der Waals surface area (Å²) in [6.45, 7) is 0. The number of benzene rings is 4. The molecular formula is C25H21BrFO2PS. The molecule has 158 valence electrons. The summed E-state index contributed by atoms with van der Waals surface area (Å²) in [4.78, 5) is -0.299. The molecule has 6 heteroatoms. The van der Waals surface area contributed by atoms with Gasteiger partial charge in [-0.15, -0.1) is 3.89 Å². The highest BCUT2D eigenvalue weighted by Gasteiger charge is 2.45. The highest BCUT2D eigenvalue weighted by Crippen LogP contribution is 2.58. The van der Waals surface area contributed by atoms with Crippen LogP contribution in [0.15, 0.2) is 120 Å². The Morgan fingerprint density at radius 2 is 1.03 bits per heavy atom. The van der Waals surface area contributed by atoms with Crippen LogP contribution in [-0.2, 0) is 16.4 Å². The summed E-state index contributed by atoms with van der Waals surface area (Å²) in [6.07, 6.45) is 0.592. The predicted octanol–water partition coefficient (Wildman–Crippen LogP) is 1.84. The van der Waals surface area contributed by atoms with Crippen LogP contribution in [0.2, 0.25) is 0 Å².